The quantitative estimate of drug-likeness (QED) is 0.853. The van der Waals surface area contributed by atoms with E-state index in [1.54, 1.807) is 0 Å². The van der Waals surface area contributed by atoms with E-state index >= 15 is 0 Å². The topological polar surface area (TPSA) is 57.8 Å². The molecule has 0 aliphatic rings. The third kappa shape index (κ3) is 2.87. The molecule has 0 radical (unpaired) electrons. The average Bonchev–Trinajstić information content (AvgIpc) is 2.30. The Morgan fingerprint density at radius 1 is 1.29 bits per heavy atom. The number of hydrogen-bond acceptors (Lipinski definition) is 3. The number of anilines is 1. The Morgan fingerprint density at radius 3 is 2.88 bits per heavy atom. The lowest BCUT2D eigenvalue weighted by molar-refractivity contribution is 0.587. The number of nitrogens with one attached hydrogen (secondary N) is 2. The molecule has 0 unspecified atom stereocenters. The summed E-state index contributed by atoms with van der Waals surface area (Å²) in [5.41, 5.74) is -0.144. The van der Waals surface area contributed by atoms with Crippen molar-refractivity contribution < 1.29 is 8.78 Å². The number of hydrogen-bond donors (Lipinski definition) is 2. The third-order valence-corrected chi connectivity index (χ3v) is 2.15. The van der Waals surface area contributed by atoms with Gasteiger partial charge in [-0.25, -0.2) is 13.8 Å². The number of rotatable bonds is 3. The molecule has 2 aromatic rings. The molecule has 0 saturated heterocycles. The van der Waals surface area contributed by atoms with Gasteiger partial charge in [0.1, 0.15) is 17.5 Å². The fourth-order valence-electron chi connectivity index (χ4n) is 1.33. The van der Waals surface area contributed by atoms with Crippen LogP contribution in [0.25, 0.3) is 0 Å². The molecule has 2 rings (SSSR count). The van der Waals surface area contributed by atoms with Gasteiger partial charge in [-0.3, -0.25) is 4.79 Å². The fraction of sp³-hybridized carbons (Fsp3) is 0.0909. The van der Waals surface area contributed by atoms with Gasteiger partial charge in [0.2, 0.25) is 0 Å². The summed E-state index contributed by atoms with van der Waals surface area (Å²) in [5.74, 6) is -0.719. The third-order valence-electron chi connectivity index (χ3n) is 2.15. The Morgan fingerprint density at radius 2 is 2.12 bits per heavy atom. The Bertz CT molecular complexity index is 583. The maximum atomic E-state index is 13.3. The summed E-state index contributed by atoms with van der Waals surface area (Å²) in [6, 6.07) is 4.43. The smallest absolute Gasteiger partial charge is 0.252 e. The molecule has 88 valence electrons. The highest BCUT2D eigenvalue weighted by molar-refractivity contribution is 5.33. The largest absolute Gasteiger partial charge is 0.366 e. The van der Waals surface area contributed by atoms with E-state index in [0.717, 1.165) is 18.2 Å². The van der Waals surface area contributed by atoms with Crippen molar-refractivity contribution in [3.8, 4) is 0 Å². The number of aromatic amines is 1. The first kappa shape index (κ1) is 11.3. The van der Waals surface area contributed by atoms with Gasteiger partial charge in [-0.2, -0.15) is 0 Å². The summed E-state index contributed by atoms with van der Waals surface area (Å²) in [7, 11) is 0. The van der Waals surface area contributed by atoms with Gasteiger partial charge in [0.15, 0.2) is 0 Å². The van der Waals surface area contributed by atoms with Gasteiger partial charge in [0.25, 0.3) is 5.56 Å². The first-order chi connectivity index (χ1) is 8.15. The molecule has 0 spiro atoms. The molecule has 0 fully saturated rings. The second kappa shape index (κ2) is 4.73. The van der Waals surface area contributed by atoms with Gasteiger partial charge in [-0.1, -0.05) is 0 Å². The molecule has 0 saturated carbocycles. The van der Waals surface area contributed by atoms with Gasteiger partial charge >= 0.3 is 0 Å². The number of H-pyrrole nitrogens is 1. The van der Waals surface area contributed by atoms with Crippen molar-refractivity contribution in [3.05, 3.63) is 58.1 Å². The van der Waals surface area contributed by atoms with Gasteiger partial charge < -0.3 is 10.3 Å². The maximum Gasteiger partial charge on any atom is 0.252 e. The van der Waals surface area contributed by atoms with Crippen molar-refractivity contribution in [2.75, 3.05) is 5.32 Å². The molecule has 17 heavy (non-hydrogen) atoms. The maximum absolute atomic E-state index is 13.3. The van der Waals surface area contributed by atoms with Gasteiger partial charge in [-0.05, 0) is 18.2 Å². The van der Waals surface area contributed by atoms with E-state index in [1.807, 2.05) is 0 Å². The van der Waals surface area contributed by atoms with E-state index < -0.39 is 11.6 Å². The van der Waals surface area contributed by atoms with Crippen LogP contribution < -0.4 is 10.9 Å². The molecule has 0 aliphatic carbocycles. The molecule has 2 N–H and O–H groups in total. The van der Waals surface area contributed by atoms with Gasteiger partial charge in [0, 0.05) is 18.2 Å². The summed E-state index contributed by atoms with van der Waals surface area (Å²) >= 11 is 0. The lowest BCUT2D eigenvalue weighted by atomic mass is 10.2. The van der Waals surface area contributed by atoms with Crippen LogP contribution in [-0.2, 0) is 6.54 Å². The normalized spacial score (nSPS) is 10.2. The Hall–Kier alpha value is -2.24. The van der Waals surface area contributed by atoms with Crippen LogP contribution in [0.5, 0.6) is 0 Å². The van der Waals surface area contributed by atoms with Crippen LogP contribution in [0.2, 0.25) is 0 Å². The highest BCUT2D eigenvalue weighted by atomic mass is 19.1. The van der Waals surface area contributed by atoms with Crippen LogP contribution in [0, 0.1) is 11.6 Å². The zero-order valence-electron chi connectivity index (χ0n) is 8.71. The first-order valence-corrected chi connectivity index (χ1v) is 4.88. The number of halogens is 2. The second-order valence-corrected chi connectivity index (χ2v) is 3.39. The zero-order valence-corrected chi connectivity index (χ0v) is 8.71. The fourth-order valence-corrected chi connectivity index (χ4v) is 1.33. The van der Waals surface area contributed by atoms with Crippen LogP contribution in [0.3, 0.4) is 0 Å². The molecule has 6 heteroatoms. The minimum Gasteiger partial charge on any atom is -0.366 e. The molecular formula is C11H9F2N3O. The summed E-state index contributed by atoms with van der Waals surface area (Å²) < 4.78 is 26.1. The lowest BCUT2D eigenvalue weighted by Crippen LogP contribution is -2.09. The van der Waals surface area contributed by atoms with Crippen LogP contribution in [-0.4, -0.2) is 9.97 Å². The summed E-state index contributed by atoms with van der Waals surface area (Å²) in [6.07, 6.45) is 1.23. The van der Waals surface area contributed by atoms with Crippen LogP contribution >= 0.6 is 0 Å². The minimum atomic E-state index is -0.512. The number of benzene rings is 1. The van der Waals surface area contributed by atoms with Crippen LogP contribution in [0.15, 0.2) is 35.4 Å². The van der Waals surface area contributed by atoms with E-state index in [0.29, 0.717) is 5.82 Å². The predicted octanol–water partition coefficient (Wildman–Crippen LogP) is 1.66. The first-order valence-electron chi connectivity index (χ1n) is 4.88. The van der Waals surface area contributed by atoms with Crippen LogP contribution in [0.1, 0.15) is 5.56 Å². The van der Waals surface area contributed by atoms with Crippen molar-refractivity contribution in [2.24, 2.45) is 0 Å². The molecule has 4 nitrogen and oxygen atoms in total. The average molecular weight is 237 g/mol. The molecule has 1 heterocycles. The molecule has 0 aliphatic heterocycles. The Kier molecular flexibility index (Phi) is 3.13. The van der Waals surface area contributed by atoms with Crippen molar-refractivity contribution in [2.45, 2.75) is 6.54 Å². The zero-order chi connectivity index (χ0) is 12.3. The van der Waals surface area contributed by atoms with E-state index in [9.17, 15) is 13.6 Å². The van der Waals surface area contributed by atoms with Crippen molar-refractivity contribution >= 4 is 5.82 Å². The Balaban J connectivity index is 2.12. The lowest BCUT2D eigenvalue weighted by Gasteiger charge is -2.06. The molecule has 0 amide bonds. The van der Waals surface area contributed by atoms with Gasteiger partial charge in [0.05, 0.1) is 6.33 Å². The van der Waals surface area contributed by atoms with E-state index in [1.165, 1.54) is 12.4 Å². The summed E-state index contributed by atoms with van der Waals surface area (Å²) in [5, 5.41) is 2.73. The highest BCUT2D eigenvalue weighted by Gasteiger charge is 2.04. The summed E-state index contributed by atoms with van der Waals surface area (Å²) in [6.45, 7) is 0.0556. The van der Waals surface area contributed by atoms with E-state index in [4.69, 9.17) is 0 Å². The standard InChI is InChI=1S/C11H9F2N3O/c12-8-1-2-9(13)7(3-8)5-14-10-4-11(17)16-6-15-10/h1-4,6H,5H2,(H2,14,15,16,17). The monoisotopic (exact) mass is 237 g/mol. The highest BCUT2D eigenvalue weighted by Crippen LogP contribution is 2.11. The molecular weight excluding hydrogens is 228 g/mol. The number of nitrogens with zero attached hydrogens (tertiary/aromatic N) is 1. The molecule has 1 aromatic heterocycles. The van der Waals surface area contributed by atoms with Crippen molar-refractivity contribution in [1.29, 1.82) is 0 Å². The number of aromatic nitrogens is 2. The second-order valence-electron chi connectivity index (χ2n) is 3.39. The predicted molar refractivity (Wildman–Crippen MR) is 58.5 cm³/mol. The summed E-state index contributed by atoms with van der Waals surface area (Å²) in [4.78, 5) is 17.1. The van der Waals surface area contributed by atoms with E-state index in [2.05, 4.69) is 15.3 Å². The van der Waals surface area contributed by atoms with Crippen molar-refractivity contribution in [1.82, 2.24) is 9.97 Å². The minimum absolute atomic E-state index is 0.0556. The van der Waals surface area contributed by atoms with Crippen LogP contribution in [0.4, 0.5) is 14.6 Å². The SMILES string of the molecule is O=c1cc(NCc2cc(F)ccc2F)nc[nH]1. The molecule has 0 atom stereocenters. The van der Waals surface area contributed by atoms with Gasteiger partial charge in [-0.15, -0.1) is 0 Å². The Labute approximate surface area is 95.3 Å². The van der Waals surface area contributed by atoms with E-state index in [-0.39, 0.29) is 17.7 Å². The molecule has 0 bridgehead atoms. The molecule has 1 aromatic carbocycles. The van der Waals surface area contributed by atoms with Crippen molar-refractivity contribution in [3.63, 3.8) is 0 Å².